The van der Waals surface area contributed by atoms with E-state index in [2.05, 4.69) is 7.28 Å². The Bertz CT molecular complexity index is 236. The van der Waals surface area contributed by atoms with Gasteiger partial charge in [0, 0.05) is 0 Å². The molecule has 6 unspecified atom stereocenters. The van der Waals surface area contributed by atoms with Gasteiger partial charge in [0.1, 0.15) is 7.28 Å². The summed E-state index contributed by atoms with van der Waals surface area (Å²) in [5.41, 5.74) is 0. The minimum Gasteiger partial charge on any atom is -0.0655 e. The van der Waals surface area contributed by atoms with Crippen LogP contribution in [0.2, 0.25) is 11.6 Å². The molecule has 1 radical (unpaired) electrons. The van der Waals surface area contributed by atoms with Crippen molar-refractivity contribution in [1.82, 2.24) is 0 Å². The predicted octanol–water partition coefficient (Wildman–Crippen LogP) is 3.91. The summed E-state index contributed by atoms with van der Waals surface area (Å²) in [5.74, 6) is 6.61. The van der Waals surface area contributed by atoms with E-state index in [1.807, 2.05) is 0 Å². The first kappa shape index (κ1) is 9.13. The molecule has 6 atom stereocenters. The zero-order chi connectivity index (χ0) is 9.83. The highest BCUT2D eigenvalue weighted by Gasteiger charge is 2.45. The minimum absolute atomic E-state index is 1.05. The SMILES string of the molecule is [B](C1CC2CCC1C2)C1CC2CCC1C2. The van der Waals surface area contributed by atoms with Gasteiger partial charge in [-0.2, -0.15) is 0 Å². The Hall–Kier alpha value is 0.0649. The molecule has 4 bridgehead atoms. The van der Waals surface area contributed by atoms with E-state index in [-0.39, 0.29) is 0 Å². The van der Waals surface area contributed by atoms with Crippen LogP contribution < -0.4 is 0 Å². The van der Waals surface area contributed by atoms with Crippen molar-refractivity contribution >= 4 is 7.28 Å². The van der Waals surface area contributed by atoms with Gasteiger partial charge in [0.2, 0.25) is 0 Å². The summed E-state index contributed by atoms with van der Waals surface area (Å²) in [6.07, 6.45) is 12.6. The van der Waals surface area contributed by atoms with Crippen LogP contribution in [0.15, 0.2) is 0 Å². The standard InChI is InChI=1S/C14H22B/c1-3-11-5-9(1)7-13(11)15-14-8-10-2-4-12(14)6-10/h9-14H,1-8H2. The van der Waals surface area contributed by atoms with E-state index in [1.54, 1.807) is 51.4 Å². The van der Waals surface area contributed by atoms with Crippen molar-refractivity contribution in [3.05, 3.63) is 0 Å². The van der Waals surface area contributed by atoms with Gasteiger partial charge in [0.25, 0.3) is 0 Å². The fraction of sp³-hybridized carbons (Fsp3) is 1.00. The molecule has 0 aliphatic heterocycles. The first-order valence-corrected chi connectivity index (χ1v) is 7.23. The Morgan fingerprint density at radius 1 is 0.600 bits per heavy atom. The molecule has 0 N–H and O–H groups in total. The topological polar surface area (TPSA) is 0 Å². The predicted molar refractivity (Wildman–Crippen MR) is 64.2 cm³/mol. The number of hydrogen-bond acceptors (Lipinski definition) is 0. The fourth-order valence-corrected chi connectivity index (χ4v) is 5.38. The Morgan fingerprint density at radius 3 is 1.47 bits per heavy atom. The summed E-state index contributed by atoms with van der Waals surface area (Å²) < 4.78 is 0. The highest BCUT2D eigenvalue weighted by atomic mass is 14.4. The van der Waals surface area contributed by atoms with Gasteiger partial charge >= 0.3 is 0 Å². The van der Waals surface area contributed by atoms with E-state index in [4.69, 9.17) is 0 Å². The van der Waals surface area contributed by atoms with Gasteiger partial charge in [-0.05, 0) is 36.5 Å². The maximum Gasteiger partial charge on any atom is 0.118 e. The maximum absolute atomic E-state index is 2.84. The molecular formula is C14H22B. The second kappa shape index (κ2) is 3.28. The van der Waals surface area contributed by atoms with Gasteiger partial charge in [-0.15, -0.1) is 0 Å². The lowest BCUT2D eigenvalue weighted by molar-refractivity contribution is 0.446. The third-order valence-corrected chi connectivity index (χ3v) is 6.08. The molecule has 4 aliphatic rings. The second-order valence-corrected chi connectivity index (χ2v) is 6.87. The minimum atomic E-state index is 1.05. The summed E-state index contributed by atoms with van der Waals surface area (Å²) >= 11 is 0. The van der Waals surface area contributed by atoms with Gasteiger partial charge in [-0.3, -0.25) is 0 Å². The summed E-state index contributed by atoms with van der Waals surface area (Å²) in [4.78, 5) is 0. The summed E-state index contributed by atoms with van der Waals surface area (Å²) in [6.45, 7) is 0. The van der Waals surface area contributed by atoms with Crippen LogP contribution >= 0.6 is 0 Å². The first-order valence-electron chi connectivity index (χ1n) is 7.23. The van der Waals surface area contributed by atoms with Crippen LogP contribution in [0.1, 0.15) is 51.4 Å². The Balaban J connectivity index is 1.40. The lowest BCUT2D eigenvalue weighted by Crippen LogP contribution is -2.20. The van der Waals surface area contributed by atoms with Gasteiger partial charge in [-0.25, -0.2) is 0 Å². The van der Waals surface area contributed by atoms with E-state index < -0.39 is 0 Å². The van der Waals surface area contributed by atoms with Crippen LogP contribution in [-0.4, -0.2) is 7.28 Å². The zero-order valence-electron chi connectivity index (χ0n) is 9.70. The number of hydrogen-bond donors (Lipinski definition) is 0. The Labute approximate surface area is 94.4 Å². The Kier molecular flexibility index (Phi) is 2.00. The van der Waals surface area contributed by atoms with Crippen LogP contribution in [0.5, 0.6) is 0 Å². The molecule has 4 saturated carbocycles. The molecule has 4 fully saturated rings. The lowest BCUT2D eigenvalue weighted by Gasteiger charge is -2.28. The molecule has 0 nitrogen and oxygen atoms in total. The fourth-order valence-electron chi connectivity index (χ4n) is 5.38. The molecule has 0 saturated heterocycles. The molecule has 0 aromatic carbocycles. The number of fused-ring (bicyclic) bond motifs is 4. The molecule has 15 heavy (non-hydrogen) atoms. The molecule has 0 spiro atoms. The molecule has 0 aromatic rings. The van der Waals surface area contributed by atoms with Crippen molar-refractivity contribution in [2.75, 3.05) is 0 Å². The summed E-state index contributed by atoms with van der Waals surface area (Å²) in [7, 11) is 2.84. The van der Waals surface area contributed by atoms with E-state index >= 15 is 0 Å². The van der Waals surface area contributed by atoms with Crippen LogP contribution in [-0.2, 0) is 0 Å². The van der Waals surface area contributed by atoms with Gasteiger partial charge in [0.05, 0.1) is 0 Å². The molecule has 4 rings (SSSR count). The van der Waals surface area contributed by atoms with Gasteiger partial charge in [0.15, 0.2) is 0 Å². The van der Waals surface area contributed by atoms with Crippen molar-refractivity contribution in [3.8, 4) is 0 Å². The van der Waals surface area contributed by atoms with Crippen LogP contribution in [0, 0.1) is 23.7 Å². The summed E-state index contributed by atoms with van der Waals surface area (Å²) in [6, 6.07) is 0. The van der Waals surface area contributed by atoms with Crippen molar-refractivity contribution in [3.63, 3.8) is 0 Å². The van der Waals surface area contributed by atoms with E-state index in [0.29, 0.717) is 0 Å². The van der Waals surface area contributed by atoms with E-state index in [9.17, 15) is 0 Å². The van der Waals surface area contributed by atoms with Crippen molar-refractivity contribution in [2.45, 2.75) is 63.0 Å². The largest absolute Gasteiger partial charge is 0.118 e. The second-order valence-electron chi connectivity index (χ2n) is 6.87. The molecule has 1 heteroatoms. The first-order chi connectivity index (χ1) is 7.38. The van der Waals surface area contributed by atoms with Gasteiger partial charge in [-0.1, -0.05) is 50.2 Å². The molecule has 0 amide bonds. The average molecular weight is 201 g/mol. The molecule has 0 aromatic heterocycles. The highest BCUT2D eigenvalue weighted by molar-refractivity contribution is 6.40. The van der Waals surface area contributed by atoms with Gasteiger partial charge < -0.3 is 0 Å². The average Bonchev–Trinajstić information content (AvgIpc) is 2.96. The lowest BCUT2D eigenvalue weighted by atomic mass is 9.47. The van der Waals surface area contributed by atoms with Crippen molar-refractivity contribution in [1.29, 1.82) is 0 Å². The molecule has 4 aliphatic carbocycles. The van der Waals surface area contributed by atoms with E-state index in [1.165, 1.54) is 0 Å². The maximum atomic E-state index is 2.84. The van der Waals surface area contributed by atoms with E-state index in [0.717, 1.165) is 35.3 Å². The van der Waals surface area contributed by atoms with Crippen LogP contribution in [0.4, 0.5) is 0 Å². The third kappa shape index (κ3) is 1.41. The van der Waals surface area contributed by atoms with Crippen molar-refractivity contribution in [2.24, 2.45) is 23.7 Å². The normalized spacial score (nSPS) is 56.5. The summed E-state index contributed by atoms with van der Waals surface area (Å²) in [5, 5.41) is 0. The smallest absolute Gasteiger partial charge is 0.0655 e. The highest BCUT2D eigenvalue weighted by Crippen LogP contribution is 2.57. The monoisotopic (exact) mass is 201 g/mol. The third-order valence-electron chi connectivity index (χ3n) is 6.08. The zero-order valence-corrected chi connectivity index (χ0v) is 9.70. The quantitative estimate of drug-likeness (QED) is 0.594. The van der Waals surface area contributed by atoms with Crippen LogP contribution in [0.25, 0.3) is 0 Å². The van der Waals surface area contributed by atoms with Crippen LogP contribution in [0.3, 0.4) is 0 Å². The number of rotatable bonds is 2. The Morgan fingerprint density at radius 2 is 1.13 bits per heavy atom. The molecule has 81 valence electrons. The molecule has 0 heterocycles. The van der Waals surface area contributed by atoms with Crippen molar-refractivity contribution < 1.29 is 0 Å². The molecular weight excluding hydrogens is 179 g/mol.